The van der Waals surface area contributed by atoms with Gasteiger partial charge in [0.05, 0.1) is 11.9 Å². The van der Waals surface area contributed by atoms with Crippen LogP contribution in [-0.4, -0.2) is 50.0 Å². The van der Waals surface area contributed by atoms with E-state index in [4.69, 9.17) is 0 Å². The van der Waals surface area contributed by atoms with Crippen LogP contribution in [0.1, 0.15) is 75.5 Å². The molecule has 0 aromatic heterocycles. The first-order valence-corrected chi connectivity index (χ1v) is 20.0. The summed E-state index contributed by atoms with van der Waals surface area (Å²) in [6, 6.07) is 24.3. The van der Waals surface area contributed by atoms with Gasteiger partial charge in [0.25, 0.3) is 0 Å². The highest BCUT2D eigenvalue weighted by Crippen LogP contribution is 2.60. The normalized spacial score (nSPS) is 24.1. The van der Waals surface area contributed by atoms with Crippen molar-refractivity contribution in [3.8, 4) is 0 Å². The Morgan fingerprint density at radius 1 is 0.896 bits per heavy atom. The number of halogens is 1. The zero-order valence-corrected chi connectivity index (χ0v) is 30.7. The highest BCUT2D eigenvalue weighted by molar-refractivity contribution is 9.10. The van der Waals surface area contributed by atoms with Crippen LogP contribution >= 0.6 is 15.9 Å². The van der Waals surface area contributed by atoms with Crippen LogP contribution in [0.2, 0.25) is 0 Å². The Labute approximate surface area is 294 Å². The second-order valence-electron chi connectivity index (χ2n) is 14.7. The van der Waals surface area contributed by atoms with Gasteiger partial charge in [-0.2, -0.15) is 0 Å². The molecule has 1 N–H and O–H groups in total. The van der Waals surface area contributed by atoms with E-state index in [0.29, 0.717) is 12.1 Å². The average Bonchev–Trinajstić information content (AvgIpc) is 3.04. The second kappa shape index (κ2) is 14.4. The van der Waals surface area contributed by atoms with Gasteiger partial charge in [-0.05, 0) is 116 Å². The first-order chi connectivity index (χ1) is 22.9. The van der Waals surface area contributed by atoms with Crippen molar-refractivity contribution >= 4 is 43.5 Å². The third-order valence-electron chi connectivity index (χ3n) is 11.0. The molecule has 0 saturated heterocycles. The predicted octanol–water partition coefficient (Wildman–Crippen LogP) is 7.24. The standard InChI is InChI=1S/C39H48BrN3O4S/c1-4-27(2)41-38(45)36(21-28-9-6-5-7-10-28)42(25-29-11-8-12-34(40)20-29)37(44)26-43(48(3,46)47)35-15-13-33(14-16-35)39-22-30-17-31(23-39)19-32(18-30)24-39/h5-16,20,27,30-32,36H,4,17-19,21-26H2,1-3H3,(H,41,45)/t27-,30?,31?,32?,36+,39?/m1/s1. The van der Waals surface area contributed by atoms with E-state index in [1.165, 1.54) is 48.4 Å². The summed E-state index contributed by atoms with van der Waals surface area (Å²) in [5.74, 6) is 1.71. The number of carbonyl (C=O) groups is 2. The first-order valence-electron chi connectivity index (χ1n) is 17.4. The fourth-order valence-electron chi connectivity index (χ4n) is 8.89. The quantitative estimate of drug-likeness (QED) is 0.201. The van der Waals surface area contributed by atoms with E-state index < -0.39 is 28.5 Å². The van der Waals surface area contributed by atoms with Crippen LogP contribution in [0, 0.1) is 17.8 Å². The number of anilines is 1. The summed E-state index contributed by atoms with van der Waals surface area (Å²) >= 11 is 3.53. The molecule has 4 bridgehead atoms. The van der Waals surface area contributed by atoms with Gasteiger partial charge < -0.3 is 10.2 Å². The molecule has 256 valence electrons. The third-order valence-corrected chi connectivity index (χ3v) is 12.6. The summed E-state index contributed by atoms with van der Waals surface area (Å²) in [6.45, 7) is 3.67. The van der Waals surface area contributed by atoms with Crippen LogP contribution in [0.3, 0.4) is 0 Å². The van der Waals surface area contributed by atoms with Gasteiger partial charge in [0.1, 0.15) is 12.6 Å². The Morgan fingerprint density at radius 3 is 2.06 bits per heavy atom. The van der Waals surface area contributed by atoms with Crippen molar-refractivity contribution in [2.45, 2.75) is 89.3 Å². The summed E-state index contributed by atoms with van der Waals surface area (Å²) in [7, 11) is -3.83. The molecule has 48 heavy (non-hydrogen) atoms. The molecule has 3 aromatic carbocycles. The van der Waals surface area contributed by atoms with Crippen molar-refractivity contribution in [3.05, 3.63) is 100 Å². The molecule has 7 rings (SSSR count). The van der Waals surface area contributed by atoms with Crippen molar-refractivity contribution in [2.75, 3.05) is 17.1 Å². The molecule has 4 aliphatic rings. The van der Waals surface area contributed by atoms with Gasteiger partial charge in [-0.3, -0.25) is 13.9 Å². The highest BCUT2D eigenvalue weighted by atomic mass is 79.9. The summed E-state index contributed by atoms with van der Waals surface area (Å²) in [4.78, 5) is 30.0. The zero-order chi connectivity index (χ0) is 34.1. The Morgan fingerprint density at radius 2 is 1.50 bits per heavy atom. The predicted molar refractivity (Wildman–Crippen MR) is 195 cm³/mol. The molecule has 0 spiro atoms. The SMILES string of the molecule is CC[C@@H](C)NC(=O)[C@H](Cc1ccccc1)N(Cc1cccc(Br)c1)C(=O)CN(c1ccc(C23CC4CC(CC(C4)C2)C3)cc1)S(C)(=O)=O. The van der Waals surface area contributed by atoms with E-state index in [9.17, 15) is 18.0 Å². The van der Waals surface area contributed by atoms with Gasteiger partial charge in [0, 0.05) is 23.5 Å². The average molecular weight is 735 g/mol. The number of hydrogen-bond acceptors (Lipinski definition) is 4. The highest BCUT2D eigenvalue weighted by Gasteiger charge is 2.51. The lowest BCUT2D eigenvalue weighted by atomic mass is 9.48. The molecular weight excluding hydrogens is 686 g/mol. The summed E-state index contributed by atoms with van der Waals surface area (Å²) in [5, 5.41) is 3.08. The van der Waals surface area contributed by atoms with E-state index in [-0.39, 0.29) is 23.9 Å². The van der Waals surface area contributed by atoms with Gasteiger partial charge in [0.15, 0.2) is 0 Å². The second-order valence-corrected chi connectivity index (χ2v) is 17.5. The molecule has 0 unspecified atom stereocenters. The van der Waals surface area contributed by atoms with Gasteiger partial charge in [0.2, 0.25) is 21.8 Å². The van der Waals surface area contributed by atoms with Crippen LogP contribution in [0.15, 0.2) is 83.3 Å². The molecule has 3 aromatic rings. The van der Waals surface area contributed by atoms with E-state index in [1.54, 1.807) is 4.90 Å². The van der Waals surface area contributed by atoms with Crippen LogP contribution in [0.25, 0.3) is 0 Å². The van der Waals surface area contributed by atoms with Crippen LogP contribution in [0.5, 0.6) is 0 Å². The minimum atomic E-state index is -3.83. The summed E-state index contributed by atoms with van der Waals surface area (Å²) in [5.41, 5.74) is 3.69. The molecular formula is C39H48BrN3O4S. The fourth-order valence-corrected chi connectivity index (χ4v) is 10.2. The maximum absolute atomic E-state index is 14.5. The number of amides is 2. The molecule has 0 aliphatic heterocycles. The van der Waals surface area contributed by atoms with Crippen molar-refractivity contribution in [3.63, 3.8) is 0 Å². The molecule has 9 heteroatoms. The van der Waals surface area contributed by atoms with Gasteiger partial charge in [-0.25, -0.2) is 8.42 Å². The Hall–Kier alpha value is -3.17. The molecule has 0 radical (unpaired) electrons. The maximum atomic E-state index is 14.5. The zero-order valence-electron chi connectivity index (χ0n) is 28.3. The first kappa shape index (κ1) is 34.7. The van der Waals surface area contributed by atoms with Gasteiger partial charge >= 0.3 is 0 Å². The number of hydrogen-bond donors (Lipinski definition) is 1. The van der Waals surface area contributed by atoms with E-state index in [0.717, 1.165) is 46.0 Å². The number of sulfonamides is 1. The molecule has 2 atom stereocenters. The fraction of sp³-hybridized carbons (Fsp3) is 0.487. The minimum Gasteiger partial charge on any atom is -0.352 e. The Bertz CT molecular complexity index is 1680. The number of nitrogens with zero attached hydrogens (tertiary/aromatic N) is 2. The van der Waals surface area contributed by atoms with Crippen LogP contribution in [0.4, 0.5) is 5.69 Å². The maximum Gasteiger partial charge on any atom is 0.244 e. The van der Waals surface area contributed by atoms with E-state index in [1.807, 2.05) is 80.6 Å². The third kappa shape index (κ3) is 7.83. The lowest BCUT2D eigenvalue weighted by Crippen LogP contribution is -2.54. The van der Waals surface area contributed by atoms with Crippen molar-refractivity contribution < 1.29 is 18.0 Å². The van der Waals surface area contributed by atoms with Gasteiger partial charge in [-0.1, -0.05) is 77.5 Å². The smallest absolute Gasteiger partial charge is 0.244 e. The number of rotatable bonds is 13. The molecule has 7 nitrogen and oxygen atoms in total. The molecule has 0 heterocycles. The molecule has 4 aliphatic carbocycles. The molecule has 4 saturated carbocycles. The van der Waals surface area contributed by atoms with Crippen molar-refractivity contribution in [2.24, 2.45) is 17.8 Å². The topological polar surface area (TPSA) is 86.8 Å². The minimum absolute atomic E-state index is 0.0846. The molecule has 4 fully saturated rings. The van der Waals surface area contributed by atoms with Gasteiger partial charge in [-0.15, -0.1) is 0 Å². The Kier molecular flexibility index (Phi) is 10.4. The lowest BCUT2D eigenvalue weighted by molar-refractivity contribution is -0.140. The van der Waals surface area contributed by atoms with Crippen LogP contribution in [-0.2, 0) is 38.0 Å². The summed E-state index contributed by atoms with van der Waals surface area (Å²) < 4.78 is 28.7. The van der Waals surface area contributed by atoms with E-state index in [2.05, 4.69) is 33.4 Å². The molecule has 2 amide bonds. The van der Waals surface area contributed by atoms with Crippen molar-refractivity contribution in [1.82, 2.24) is 10.2 Å². The number of benzene rings is 3. The lowest BCUT2D eigenvalue weighted by Gasteiger charge is -2.57. The number of carbonyl (C=O) groups excluding carboxylic acids is 2. The Balaban J connectivity index is 1.31. The van der Waals surface area contributed by atoms with E-state index >= 15 is 0 Å². The number of nitrogens with one attached hydrogen (secondary N) is 1. The van der Waals surface area contributed by atoms with Crippen LogP contribution < -0.4 is 9.62 Å². The van der Waals surface area contributed by atoms with Crippen molar-refractivity contribution in [1.29, 1.82) is 0 Å². The monoisotopic (exact) mass is 733 g/mol. The largest absolute Gasteiger partial charge is 0.352 e. The summed E-state index contributed by atoms with van der Waals surface area (Å²) in [6.07, 6.45) is 9.92.